The lowest BCUT2D eigenvalue weighted by Crippen LogP contribution is -2.22. The van der Waals surface area contributed by atoms with Crippen molar-refractivity contribution in [3.05, 3.63) is 44.7 Å². The SMILES string of the molecule is Nc1cc(C(=O)NCc2cc(Br)cs2)ccn1. The first kappa shape index (κ1) is 12.1. The Kier molecular flexibility index (Phi) is 3.75. The molecule has 0 bridgehead atoms. The Hall–Kier alpha value is -1.40. The predicted octanol–water partition coefficient (Wildman–Crippen LogP) is 2.42. The normalized spacial score (nSPS) is 10.2. The van der Waals surface area contributed by atoms with Gasteiger partial charge in [0.25, 0.3) is 5.91 Å². The highest BCUT2D eigenvalue weighted by Crippen LogP contribution is 2.19. The van der Waals surface area contributed by atoms with Crippen molar-refractivity contribution >= 4 is 39.0 Å². The van der Waals surface area contributed by atoms with E-state index in [1.54, 1.807) is 23.5 Å². The van der Waals surface area contributed by atoms with Crippen molar-refractivity contribution in [3.8, 4) is 0 Å². The van der Waals surface area contributed by atoms with Gasteiger partial charge < -0.3 is 11.1 Å². The van der Waals surface area contributed by atoms with Gasteiger partial charge in [-0.3, -0.25) is 4.79 Å². The van der Waals surface area contributed by atoms with Crippen molar-refractivity contribution in [2.45, 2.75) is 6.54 Å². The number of carbonyl (C=O) groups excluding carboxylic acids is 1. The van der Waals surface area contributed by atoms with Gasteiger partial charge in [0.15, 0.2) is 0 Å². The summed E-state index contributed by atoms with van der Waals surface area (Å²) in [6.07, 6.45) is 1.52. The fourth-order valence-corrected chi connectivity index (χ4v) is 2.70. The van der Waals surface area contributed by atoms with Crippen LogP contribution < -0.4 is 11.1 Å². The summed E-state index contributed by atoms with van der Waals surface area (Å²) in [5.74, 6) is 0.195. The molecule has 0 aromatic carbocycles. The Bertz CT molecular complexity index is 541. The van der Waals surface area contributed by atoms with Gasteiger partial charge in [-0.15, -0.1) is 11.3 Å². The van der Waals surface area contributed by atoms with E-state index in [2.05, 4.69) is 26.2 Å². The van der Waals surface area contributed by atoms with Gasteiger partial charge in [-0.2, -0.15) is 0 Å². The average Bonchev–Trinajstić information content (AvgIpc) is 2.72. The summed E-state index contributed by atoms with van der Waals surface area (Å²) in [5.41, 5.74) is 6.03. The summed E-state index contributed by atoms with van der Waals surface area (Å²) < 4.78 is 1.03. The van der Waals surface area contributed by atoms with Gasteiger partial charge in [0.05, 0.1) is 6.54 Å². The first-order valence-corrected chi connectivity index (χ1v) is 6.55. The first-order valence-electron chi connectivity index (χ1n) is 4.88. The summed E-state index contributed by atoms with van der Waals surface area (Å²) in [4.78, 5) is 16.7. The molecule has 0 saturated heterocycles. The maximum Gasteiger partial charge on any atom is 0.251 e. The molecule has 6 heteroatoms. The molecule has 17 heavy (non-hydrogen) atoms. The zero-order valence-electron chi connectivity index (χ0n) is 8.81. The molecular formula is C11H10BrN3OS. The largest absolute Gasteiger partial charge is 0.384 e. The molecule has 2 aromatic heterocycles. The summed E-state index contributed by atoms with van der Waals surface area (Å²) in [7, 11) is 0. The lowest BCUT2D eigenvalue weighted by molar-refractivity contribution is 0.0951. The van der Waals surface area contributed by atoms with Crippen molar-refractivity contribution in [2.75, 3.05) is 5.73 Å². The molecule has 0 saturated carbocycles. The van der Waals surface area contributed by atoms with Crippen LogP contribution in [0.3, 0.4) is 0 Å². The van der Waals surface area contributed by atoms with E-state index in [0.29, 0.717) is 17.9 Å². The third-order valence-corrected chi connectivity index (χ3v) is 3.79. The number of amides is 1. The molecule has 0 atom stereocenters. The van der Waals surface area contributed by atoms with E-state index in [4.69, 9.17) is 5.73 Å². The highest BCUT2D eigenvalue weighted by atomic mass is 79.9. The molecule has 0 aliphatic carbocycles. The van der Waals surface area contributed by atoms with Crippen molar-refractivity contribution in [3.63, 3.8) is 0 Å². The summed E-state index contributed by atoms with van der Waals surface area (Å²) >= 11 is 4.96. The first-order chi connectivity index (χ1) is 8.15. The number of thiophene rings is 1. The maximum absolute atomic E-state index is 11.8. The maximum atomic E-state index is 11.8. The number of carbonyl (C=O) groups is 1. The third kappa shape index (κ3) is 3.28. The molecule has 0 fully saturated rings. The van der Waals surface area contributed by atoms with Crippen LogP contribution in [0.4, 0.5) is 5.82 Å². The van der Waals surface area contributed by atoms with E-state index in [-0.39, 0.29) is 5.91 Å². The van der Waals surface area contributed by atoms with Crippen LogP contribution in [0.15, 0.2) is 34.2 Å². The monoisotopic (exact) mass is 311 g/mol. The number of nitrogens with zero attached hydrogens (tertiary/aromatic N) is 1. The van der Waals surface area contributed by atoms with Crippen LogP contribution in [0.25, 0.3) is 0 Å². The summed E-state index contributed by atoms with van der Waals surface area (Å²) in [5, 5.41) is 4.80. The van der Waals surface area contributed by atoms with E-state index >= 15 is 0 Å². The number of hydrogen-bond donors (Lipinski definition) is 2. The van der Waals surface area contributed by atoms with E-state index in [0.717, 1.165) is 9.35 Å². The molecule has 0 spiro atoms. The fourth-order valence-electron chi connectivity index (χ4n) is 1.31. The minimum Gasteiger partial charge on any atom is -0.384 e. The van der Waals surface area contributed by atoms with E-state index < -0.39 is 0 Å². The quantitative estimate of drug-likeness (QED) is 0.914. The molecule has 4 nitrogen and oxygen atoms in total. The summed E-state index contributed by atoms with van der Waals surface area (Å²) in [6.45, 7) is 0.511. The summed E-state index contributed by atoms with van der Waals surface area (Å²) in [6, 6.07) is 5.17. The van der Waals surface area contributed by atoms with Gasteiger partial charge in [0.2, 0.25) is 0 Å². The number of aromatic nitrogens is 1. The number of nitrogen functional groups attached to an aromatic ring is 1. The van der Waals surface area contributed by atoms with E-state index in [1.807, 2.05) is 11.4 Å². The second kappa shape index (κ2) is 5.29. The third-order valence-electron chi connectivity index (χ3n) is 2.09. The van der Waals surface area contributed by atoms with Crippen molar-refractivity contribution in [2.24, 2.45) is 0 Å². The van der Waals surface area contributed by atoms with Crippen LogP contribution >= 0.6 is 27.3 Å². The Morgan fingerprint density at radius 3 is 3.00 bits per heavy atom. The fraction of sp³-hybridized carbons (Fsp3) is 0.0909. The highest BCUT2D eigenvalue weighted by Gasteiger charge is 2.06. The second-order valence-electron chi connectivity index (χ2n) is 3.38. The lowest BCUT2D eigenvalue weighted by atomic mass is 10.2. The van der Waals surface area contributed by atoms with Crippen molar-refractivity contribution < 1.29 is 4.79 Å². The number of nitrogens with two attached hydrogens (primary N) is 1. The minimum atomic E-state index is -0.149. The topological polar surface area (TPSA) is 68.0 Å². The van der Waals surface area contributed by atoms with E-state index in [9.17, 15) is 4.79 Å². The molecule has 0 aliphatic heterocycles. The average molecular weight is 312 g/mol. The van der Waals surface area contributed by atoms with Crippen molar-refractivity contribution in [1.82, 2.24) is 10.3 Å². The molecule has 0 radical (unpaired) electrons. The molecule has 0 unspecified atom stereocenters. The number of halogens is 1. The van der Waals surface area contributed by atoms with Crippen LogP contribution in [-0.2, 0) is 6.54 Å². The highest BCUT2D eigenvalue weighted by molar-refractivity contribution is 9.10. The lowest BCUT2D eigenvalue weighted by Gasteiger charge is -2.03. The zero-order valence-corrected chi connectivity index (χ0v) is 11.2. The van der Waals surface area contributed by atoms with Crippen LogP contribution in [0.2, 0.25) is 0 Å². The Balaban J connectivity index is 1.98. The number of pyridine rings is 1. The molecule has 0 aliphatic rings. The predicted molar refractivity (Wildman–Crippen MR) is 71.8 cm³/mol. The van der Waals surface area contributed by atoms with Gasteiger partial charge in [0.1, 0.15) is 5.82 Å². The number of anilines is 1. The van der Waals surface area contributed by atoms with Gasteiger partial charge in [-0.05, 0) is 34.1 Å². The molecule has 2 aromatic rings. The molecule has 3 N–H and O–H groups in total. The van der Waals surface area contributed by atoms with Gasteiger partial charge in [0, 0.05) is 26.5 Å². The Morgan fingerprint density at radius 2 is 2.35 bits per heavy atom. The Morgan fingerprint density at radius 1 is 1.53 bits per heavy atom. The standard InChI is InChI=1S/C11H10BrN3OS/c12-8-4-9(17-6-8)5-15-11(16)7-1-2-14-10(13)3-7/h1-4,6H,5H2,(H2,13,14)(H,15,16). The van der Waals surface area contributed by atoms with Gasteiger partial charge in [-0.1, -0.05) is 0 Å². The zero-order chi connectivity index (χ0) is 12.3. The molecule has 2 heterocycles. The number of hydrogen-bond acceptors (Lipinski definition) is 4. The van der Waals surface area contributed by atoms with E-state index in [1.165, 1.54) is 6.20 Å². The van der Waals surface area contributed by atoms with Crippen LogP contribution in [0.1, 0.15) is 15.2 Å². The van der Waals surface area contributed by atoms with Crippen LogP contribution in [-0.4, -0.2) is 10.9 Å². The molecular weight excluding hydrogens is 302 g/mol. The second-order valence-corrected chi connectivity index (χ2v) is 5.29. The molecule has 88 valence electrons. The van der Waals surface area contributed by atoms with Crippen LogP contribution in [0, 0.1) is 0 Å². The van der Waals surface area contributed by atoms with Crippen LogP contribution in [0.5, 0.6) is 0 Å². The number of rotatable bonds is 3. The molecule has 1 amide bonds. The van der Waals surface area contributed by atoms with Gasteiger partial charge >= 0.3 is 0 Å². The Labute approximate surface area is 111 Å². The minimum absolute atomic E-state index is 0.149. The number of nitrogens with one attached hydrogen (secondary N) is 1. The van der Waals surface area contributed by atoms with Crippen molar-refractivity contribution in [1.29, 1.82) is 0 Å². The molecule has 2 rings (SSSR count). The smallest absolute Gasteiger partial charge is 0.251 e. The van der Waals surface area contributed by atoms with Gasteiger partial charge in [-0.25, -0.2) is 4.98 Å².